The Hall–Kier alpha value is -2.53. The number of carbonyl (C=O) groups excluding carboxylic acids is 2. The van der Waals surface area contributed by atoms with Gasteiger partial charge in [0.1, 0.15) is 5.75 Å². The van der Waals surface area contributed by atoms with Crippen LogP contribution < -0.4 is 15.8 Å². The highest BCUT2D eigenvalue weighted by atomic mass is 35.5. The molecular weight excluding hydrogens is 304 g/mol. The summed E-state index contributed by atoms with van der Waals surface area (Å²) < 4.78 is 5.35. The normalized spacial score (nSPS) is 10.1. The molecule has 3 N–H and O–H groups in total. The van der Waals surface area contributed by atoms with E-state index in [9.17, 15) is 9.59 Å². The van der Waals surface area contributed by atoms with Crippen molar-refractivity contribution < 1.29 is 14.3 Å². The van der Waals surface area contributed by atoms with Gasteiger partial charge in [0, 0.05) is 16.3 Å². The first-order valence-electron chi connectivity index (χ1n) is 6.54. The number of ether oxygens (including phenoxy) is 1. The highest BCUT2D eigenvalue weighted by Gasteiger charge is 2.08. The molecule has 0 fully saturated rings. The number of benzene rings is 2. The van der Waals surface area contributed by atoms with Crippen LogP contribution in [0.25, 0.3) is 0 Å². The van der Waals surface area contributed by atoms with Crippen LogP contribution in [-0.4, -0.2) is 18.3 Å². The van der Waals surface area contributed by atoms with Crippen molar-refractivity contribution in [3.63, 3.8) is 0 Å². The number of nitrogens with one attached hydrogen (secondary N) is 1. The highest BCUT2D eigenvalue weighted by molar-refractivity contribution is 6.30. The molecule has 0 heterocycles. The number of Topliss-reactive ketones (excluding diaryl/α,β-unsaturated/α-hetero) is 1. The summed E-state index contributed by atoms with van der Waals surface area (Å²) in [4.78, 5) is 23.0. The van der Waals surface area contributed by atoms with Crippen molar-refractivity contribution >= 4 is 34.7 Å². The average Bonchev–Trinajstić information content (AvgIpc) is 2.45. The van der Waals surface area contributed by atoms with Gasteiger partial charge in [-0.1, -0.05) is 17.7 Å². The SMILES string of the molecule is CC(=O)c1ccc(OCC(=O)Nc2cccc(Cl)c2)c(N)c1. The predicted octanol–water partition coefficient (Wildman–Crippen LogP) is 3.14. The van der Waals surface area contributed by atoms with Gasteiger partial charge in [0.25, 0.3) is 5.91 Å². The van der Waals surface area contributed by atoms with Crippen LogP contribution in [0.4, 0.5) is 11.4 Å². The predicted molar refractivity (Wildman–Crippen MR) is 86.4 cm³/mol. The summed E-state index contributed by atoms with van der Waals surface area (Å²) in [6.07, 6.45) is 0. The van der Waals surface area contributed by atoms with Gasteiger partial charge in [-0.25, -0.2) is 0 Å². The van der Waals surface area contributed by atoms with Gasteiger partial charge in [-0.15, -0.1) is 0 Å². The summed E-state index contributed by atoms with van der Waals surface area (Å²) in [7, 11) is 0. The lowest BCUT2D eigenvalue weighted by Crippen LogP contribution is -2.20. The van der Waals surface area contributed by atoms with Crippen LogP contribution in [0.5, 0.6) is 5.75 Å². The van der Waals surface area contributed by atoms with Crippen LogP contribution in [0, 0.1) is 0 Å². The number of nitrogen functional groups attached to an aromatic ring is 1. The fraction of sp³-hybridized carbons (Fsp3) is 0.125. The van der Waals surface area contributed by atoms with Crippen LogP contribution in [0.2, 0.25) is 5.02 Å². The molecule has 1 amide bonds. The first-order chi connectivity index (χ1) is 10.5. The van der Waals surface area contributed by atoms with Gasteiger partial charge in [-0.3, -0.25) is 9.59 Å². The Labute approximate surface area is 133 Å². The van der Waals surface area contributed by atoms with E-state index in [1.54, 1.807) is 36.4 Å². The van der Waals surface area contributed by atoms with Crippen LogP contribution in [0.1, 0.15) is 17.3 Å². The maximum atomic E-state index is 11.8. The summed E-state index contributed by atoms with van der Waals surface area (Å²) in [5, 5.41) is 3.19. The molecule has 0 bridgehead atoms. The fourth-order valence-corrected chi connectivity index (χ4v) is 2.00. The third-order valence-electron chi connectivity index (χ3n) is 2.88. The Balaban J connectivity index is 1.95. The van der Waals surface area contributed by atoms with Gasteiger partial charge >= 0.3 is 0 Å². The Morgan fingerprint density at radius 1 is 1.23 bits per heavy atom. The van der Waals surface area contributed by atoms with Crippen molar-refractivity contribution in [3.05, 3.63) is 53.1 Å². The van der Waals surface area contributed by atoms with Gasteiger partial charge in [-0.05, 0) is 43.3 Å². The van der Waals surface area contributed by atoms with Crippen molar-refractivity contribution in [3.8, 4) is 5.75 Å². The third-order valence-corrected chi connectivity index (χ3v) is 3.12. The number of nitrogens with two attached hydrogens (primary N) is 1. The Morgan fingerprint density at radius 3 is 2.64 bits per heavy atom. The Morgan fingerprint density at radius 2 is 2.00 bits per heavy atom. The summed E-state index contributed by atoms with van der Waals surface area (Å²) in [6, 6.07) is 11.5. The van der Waals surface area contributed by atoms with E-state index in [0.717, 1.165) is 0 Å². The van der Waals surface area contributed by atoms with E-state index in [1.807, 2.05) is 0 Å². The van der Waals surface area contributed by atoms with E-state index in [0.29, 0.717) is 27.7 Å². The number of hydrogen-bond acceptors (Lipinski definition) is 4. The molecule has 0 saturated carbocycles. The highest BCUT2D eigenvalue weighted by Crippen LogP contribution is 2.23. The monoisotopic (exact) mass is 318 g/mol. The topological polar surface area (TPSA) is 81.4 Å². The second kappa shape index (κ2) is 6.95. The molecule has 0 radical (unpaired) electrons. The van der Waals surface area contributed by atoms with Crippen molar-refractivity contribution in [1.82, 2.24) is 0 Å². The standard InChI is InChI=1S/C16H15ClN2O3/c1-10(20)11-5-6-15(14(18)7-11)22-9-16(21)19-13-4-2-3-12(17)8-13/h2-8H,9,18H2,1H3,(H,19,21). The molecular formula is C16H15ClN2O3. The smallest absolute Gasteiger partial charge is 0.262 e. The summed E-state index contributed by atoms with van der Waals surface area (Å²) in [5.74, 6) is -0.0690. The zero-order valence-electron chi connectivity index (χ0n) is 11.9. The fourth-order valence-electron chi connectivity index (χ4n) is 1.81. The molecule has 22 heavy (non-hydrogen) atoms. The van der Waals surface area contributed by atoms with Gasteiger partial charge in [0.15, 0.2) is 12.4 Å². The molecule has 0 atom stereocenters. The summed E-state index contributed by atoms with van der Waals surface area (Å²) >= 11 is 5.84. The number of anilines is 2. The largest absolute Gasteiger partial charge is 0.482 e. The van der Waals surface area contributed by atoms with Crippen molar-refractivity contribution in [2.24, 2.45) is 0 Å². The molecule has 0 spiro atoms. The lowest BCUT2D eigenvalue weighted by atomic mass is 10.1. The van der Waals surface area contributed by atoms with E-state index >= 15 is 0 Å². The molecule has 2 aromatic carbocycles. The zero-order chi connectivity index (χ0) is 16.1. The van der Waals surface area contributed by atoms with E-state index in [-0.39, 0.29) is 18.3 Å². The number of rotatable bonds is 5. The lowest BCUT2D eigenvalue weighted by molar-refractivity contribution is -0.118. The summed E-state index contributed by atoms with van der Waals surface area (Å²) in [5.41, 5.74) is 7.18. The number of ketones is 1. The van der Waals surface area contributed by atoms with E-state index in [2.05, 4.69) is 5.32 Å². The molecule has 6 heteroatoms. The second-order valence-electron chi connectivity index (χ2n) is 4.66. The lowest BCUT2D eigenvalue weighted by Gasteiger charge is -2.10. The van der Waals surface area contributed by atoms with E-state index in [4.69, 9.17) is 22.1 Å². The maximum absolute atomic E-state index is 11.8. The van der Waals surface area contributed by atoms with Gasteiger partial charge in [0.05, 0.1) is 5.69 Å². The van der Waals surface area contributed by atoms with E-state index in [1.165, 1.54) is 13.0 Å². The first-order valence-corrected chi connectivity index (χ1v) is 6.92. The number of hydrogen-bond donors (Lipinski definition) is 2. The van der Waals surface area contributed by atoms with Crippen LogP contribution in [0.15, 0.2) is 42.5 Å². The molecule has 114 valence electrons. The Bertz CT molecular complexity index is 716. The van der Waals surface area contributed by atoms with Gasteiger partial charge in [0.2, 0.25) is 0 Å². The molecule has 0 aliphatic rings. The molecule has 0 saturated heterocycles. The molecule has 0 unspecified atom stereocenters. The molecule has 0 aliphatic heterocycles. The van der Waals surface area contributed by atoms with E-state index < -0.39 is 0 Å². The minimum Gasteiger partial charge on any atom is -0.482 e. The number of carbonyl (C=O) groups is 2. The van der Waals surface area contributed by atoms with Gasteiger partial charge in [-0.2, -0.15) is 0 Å². The maximum Gasteiger partial charge on any atom is 0.262 e. The minimum atomic E-state index is -0.336. The number of amides is 1. The molecule has 5 nitrogen and oxygen atoms in total. The quantitative estimate of drug-likeness (QED) is 0.655. The van der Waals surface area contributed by atoms with Crippen molar-refractivity contribution in [2.45, 2.75) is 6.92 Å². The third kappa shape index (κ3) is 4.23. The van der Waals surface area contributed by atoms with Gasteiger partial charge < -0.3 is 15.8 Å². The molecule has 2 rings (SSSR count). The average molecular weight is 319 g/mol. The van der Waals surface area contributed by atoms with Crippen molar-refractivity contribution in [1.29, 1.82) is 0 Å². The molecule has 0 aromatic heterocycles. The number of halogens is 1. The first kappa shape index (κ1) is 15.9. The van der Waals surface area contributed by atoms with Crippen LogP contribution in [-0.2, 0) is 4.79 Å². The Kier molecular flexibility index (Phi) is 5.01. The molecule has 2 aromatic rings. The molecule has 0 aliphatic carbocycles. The van der Waals surface area contributed by atoms with Crippen LogP contribution >= 0.6 is 11.6 Å². The summed E-state index contributed by atoms with van der Waals surface area (Å²) in [6.45, 7) is 1.25. The zero-order valence-corrected chi connectivity index (χ0v) is 12.7. The van der Waals surface area contributed by atoms with Crippen LogP contribution in [0.3, 0.4) is 0 Å². The minimum absolute atomic E-state index is 0.0862. The second-order valence-corrected chi connectivity index (χ2v) is 5.09. The van der Waals surface area contributed by atoms with Crippen molar-refractivity contribution in [2.75, 3.05) is 17.7 Å².